The molecule has 1 heterocycles. The third-order valence-electron chi connectivity index (χ3n) is 4.24. The third-order valence-corrected chi connectivity index (χ3v) is 4.24. The van der Waals surface area contributed by atoms with Crippen LogP contribution in [-0.4, -0.2) is 24.9 Å². The first-order valence-corrected chi connectivity index (χ1v) is 9.01. The molecule has 0 atom stereocenters. The number of nitriles is 1. The van der Waals surface area contributed by atoms with Gasteiger partial charge in [0, 0.05) is 23.9 Å². The zero-order valence-corrected chi connectivity index (χ0v) is 16.2. The van der Waals surface area contributed by atoms with Crippen LogP contribution >= 0.6 is 0 Å². The second-order valence-electron chi connectivity index (χ2n) is 6.19. The molecule has 0 aliphatic rings. The molecule has 6 heteroatoms. The Hall–Kier alpha value is -3.43. The molecule has 0 fully saturated rings. The number of hydrogen-bond acceptors (Lipinski definition) is 6. The number of rotatable bonds is 7. The Labute approximate surface area is 164 Å². The molecule has 0 amide bonds. The topological polar surface area (TPSA) is 79.5 Å². The molecule has 6 nitrogen and oxygen atoms in total. The first kappa shape index (κ1) is 19.3. The lowest BCUT2D eigenvalue weighted by Gasteiger charge is -2.11. The van der Waals surface area contributed by atoms with Gasteiger partial charge in [-0.25, -0.2) is 4.98 Å². The van der Waals surface area contributed by atoms with Crippen molar-refractivity contribution in [3.8, 4) is 11.8 Å². The van der Waals surface area contributed by atoms with Crippen molar-refractivity contribution in [3.63, 3.8) is 0 Å². The lowest BCUT2D eigenvalue weighted by Crippen LogP contribution is -2.04. The number of methoxy groups -OCH3 is 1. The monoisotopic (exact) mass is 374 g/mol. The van der Waals surface area contributed by atoms with Crippen molar-refractivity contribution in [1.82, 2.24) is 4.98 Å². The van der Waals surface area contributed by atoms with Crippen molar-refractivity contribution >= 4 is 22.8 Å². The highest BCUT2D eigenvalue weighted by atomic mass is 16.5. The number of ether oxygens (including phenoxy) is 2. The number of aromatic nitrogens is 1. The van der Waals surface area contributed by atoms with E-state index in [-0.39, 0.29) is 0 Å². The van der Waals surface area contributed by atoms with Crippen LogP contribution in [0.5, 0.6) is 5.75 Å². The van der Waals surface area contributed by atoms with Gasteiger partial charge in [0.05, 0.1) is 19.4 Å². The van der Waals surface area contributed by atoms with Gasteiger partial charge >= 0.3 is 0 Å². The molecule has 28 heavy (non-hydrogen) atoms. The summed E-state index contributed by atoms with van der Waals surface area (Å²) in [4.78, 5) is 4.40. The number of benzene rings is 2. The van der Waals surface area contributed by atoms with Crippen molar-refractivity contribution in [2.75, 3.05) is 19.1 Å². The number of pyridine rings is 1. The van der Waals surface area contributed by atoms with Gasteiger partial charge in [-0.3, -0.25) is 5.43 Å². The molecule has 3 aromatic rings. The summed E-state index contributed by atoms with van der Waals surface area (Å²) in [7, 11) is 1.60. The van der Waals surface area contributed by atoms with E-state index >= 15 is 0 Å². The zero-order valence-electron chi connectivity index (χ0n) is 16.2. The molecule has 1 aromatic heterocycles. The van der Waals surface area contributed by atoms with Gasteiger partial charge < -0.3 is 9.47 Å². The number of hydrazone groups is 1. The molecule has 0 bridgehead atoms. The molecule has 0 unspecified atom stereocenters. The summed E-state index contributed by atoms with van der Waals surface area (Å²) in [6.45, 7) is 4.71. The fourth-order valence-corrected chi connectivity index (χ4v) is 3.06. The number of anilines is 1. The highest BCUT2D eigenvalue weighted by Gasteiger charge is 2.11. The summed E-state index contributed by atoms with van der Waals surface area (Å²) in [5, 5.41) is 16.0. The molecule has 0 aliphatic carbocycles. The molecule has 1 N–H and O–H groups in total. The normalized spacial score (nSPS) is 10.9. The number of nitrogens with one attached hydrogen (secondary N) is 1. The SMILES string of the molecule is CCOc1ccc2ccccc2c1/C=N\Nc1nc(C)cc(COC)c1C#N. The molecule has 3 rings (SSSR count). The molecule has 2 aromatic carbocycles. The fraction of sp³-hybridized carbons (Fsp3) is 0.227. The van der Waals surface area contributed by atoms with Crippen LogP contribution in [0.1, 0.15) is 29.3 Å². The summed E-state index contributed by atoms with van der Waals surface area (Å²) >= 11 is 0. The summed E-state index contributed by atoms with van der Waals surface area (Å²) in [5.41, 5.74) is 5.76. The highest BCUT2D eigenvalue weighted by Crippen LogP contribution is 2.27. The van der Waals surface area contributed by atoms with Gasteiger partial charge in [-0.2, -0.15) is 10.4 Å². The average molecular weight is 374 g/mol. The van der Waals surface area contributed by atoms with Crippen molar-refractivity contribution in [2.24, 2.45) is 5.10 Å². The molecular weight excluding hydrogens is 352 g/mol. The molecule has 0 aliphatic heterocycles. The number of nitrogens with zero attached hydrogens (tertiary/aromatic N) is 3. The highest BCUT2D eigenvalue weighted by molar-refractivity contribution is 6.02. The maximum atomic E-state index is 9.53. The lowest BCUT2D eigenvalue weighted by molar-refractivity contribution is 0.184. The van der Waals surface area contributed by atoms with Crippen LogP contribution in [0.3, 0.4) is 0 Å². The quantitative estimate of drug-likeness (QED) is 0.490. The maximum Gasteiger partial charge on any atom is 0.164 e. The van der Waals surface area contributed by atoms with Crippen LogP contribution in [0.25, 0.3) is 10.8 Å². The Morgan fingerprint density at radius 2 is 2.07 bits per heavy atom. The van der Waals surface area contributed by atoms with E-state index in [2.05, 4.69) is 21.6 Å². The Bertz CT molecular complexity index is 1050. The second kappa shape index (κ2) is 8.98. The van der Waals surface area contributed by atoms with Crippen LogP contribution < -0.4 is 10.2 Å². The van der Waals surface area contributed by atoms with Gasteiger partial charge in [-0.1, -0.05) is 30.3 Å². The summed E-state index contributed by atoms with van der Waals surface area (Å²) < 4.78 is 10.9. The first-order chi connectivity index (χ1) is 13.7. The van der Waals surface area contributed by atoms with Crippen LogP contribution in [0.4, 0.5) is 5.82 Å². The number of fused-ring (bicyclic) bond motifs is 1. The molecule has 0 radical (unpaired) electrons. The first-order valence-electron chi connectivity index (χ1n) is 9.01. The Morgan fingerprint density at radius 1 is 1.25 bits per heavy atom. The standard InChI is InChI=1S/C22H22N4O2/c1-4-28-21-10-9-16-7-5-6-8-18(16)20(21)13-24-26-22-19(12-23)17(14-27-3)11-15(2)25-22/h5-11,13H,4,14H2,1-3H3,(H,25,26)/b24-13-. The van der Waals surface area contributed by atoms with Crippen molar-refractivity contribution in [2.45, 2.75) is 20.5 Å². The van der Waals surface area contributed by atoms with Crippen molar-refractivity contribution in [1.29, 1.82) is 5.26 Å². The molecule has 0 spiro atoms. The number of hydrogen-bond donors (Lipinski definition) is 1. The third kappa shape index (κ3) is 4.11. The summed E-state index contributed by atoms with van der Waals surface area (Å²) in [6, 6.07) is 16.0. The van der Waals surface area contributed by atoms with Gasteiger partial charge in [0.25, 0.3) is 0 Å². The van der Waals surface area contributed by atoms with Crippen LogP contribution in [-0.2, 0) is 11.3 Å². The number of aryl methyl sites for hydroxylation is 1. The average Bonchev–Trinajstić information content (AvgIpc) is 2.69. The van der Waals surface area contributed by atoms with E-state index in [1.807, 2.05) is 56.3 Å². The fourth-order valence-electron chi connectivity index (χ4n) is 3.06. The van der Waals surface area contributed by atoms with E-state index in [4.69, 9.17) is 9.47 Å². The van der Waals surface area contributed by atoms with Gasteiger partial charge in [-0.15, -0.1) is 0 Å². The molecule has 0 saturated carbocycles. The minimum atomic E-state index is 0.336. The van der Waals surface area contributed by atoms with Crippen LogP contribution in [0, 0.1) is 18.3 Å². The van der Waals surface area contributed by atoms with Crippen molar-refractivity contribution < 1.29 is 9.47 Å². The molecule has 0 saturated heterocycles. The smallest absolute Gasteiger partial charge is 0.164 e. The predicted molar refractivity (Wildman–Crippen MR) is 111 cm³/mol. The van der Waals surface area contributed by atoms with E-state index in [0.29, 0.717) is 24.6 Å². The maximum absolute atomic E-state index is 9.53. The van der Waals surface area contributed by atoms with Crippen molar-refractivity contribution in [3.05, 3.63) is 64.8 Å². The van der Waals surface area contributed by atoms with E-state index in [1.54, 1.807) is 13.3 Å². The molecular formula is C22H22N4O2. The van der Waals surface area contributed by atoms with E-state index < -0.39 is 0 Å². The predicted octanol–water partition coefficient (Wildman–Crippen LogP) is 4.41. The van der Waals surface area contributed by atoms with E-state index in [1.165, 1.54) is 0 Å². The minimum Gasteiger partial charge on any atom is -0.493 e. The summed E-state index contributed by atoms with van der Waals surface area (Å²) in [6.07, 6.45) is 1.70. The zero-order chi connectivity index (χ0) is 19.9. The van der Waals surface area contributed by atoms with Gasteiger partial charge in [0.1, 0.15) is 17.4 Å². The Kier molecular flexibility index (Phi) is 6.20. The van der Waals surface area contributed by atoms with E-state index in [9.17, 15) is 5.26 Å². The Balaban J connectivity index is 1.98. The summed E-state index contributed by atoms with van der Waals surface area (Å²) in [5.74, 6) is 1.16. The largest absolute Gasteiger partial charge is 0.493 e. The van der Waals surface area contributed by atoms with E-state index in [0.717, 1.165) is 33.3 Å². The van der Waals surface area contributed by atoms with Crippen LogP contribution in [0.2, 0.25) is 0 Å². The second-order valence-corrected chi connectivity index (χ2v) is 6.19. The lowest BCUT2D eigenvalue weighted by atomic mass is 10.0. The Morgan fingerprint density at radius 3 is 2.82 bits per heavy atom. The van der Waals surface area contributed by atoms with Gasteiger partial charge in [0.15, 0.2) is 5.82 Å². The van der Waals surface area contributed by atoms with Crippen LogP contribution in [0.15, 0.2) is 47.6 Å². The van der Waals surface area contributed by atoms with Gasteiger partial charge in [-0.05, 0) is 36.8 Å². The minimum absolute atomic E-state index is 0.336. The molecule has 142 valence electrons. The van der Waals surface area contributed by atoms with Gasteiger partial charge in [0.2, 0.25) is 0 Å².